The molecule has 2 N–H and O–H groups in total. The third-order valence-corrected chi connectivity index (χ3v) is 10.4. The minimum absolute atomic E-state index is 0.358. The van der Waals surface area contributed by atoms with Gasteiger partial charge in [0.2, 0.25) is 10.0 Å². The van der Waals surface area contributed by atoms with E-state index in [4.69, 9.17) is 16.4 Å². The topological polar surface area (TPSA) is 100.0 Å². The number of fused-ring (bicyclic) bond motifs is 1. The van der Waals surface area contributed by atoms with Gasteiger partial charge < -0.3 is 0 Å². The molecule has 2 heterocycles. The van der Waals surface area contributed by atoms with Crippen molar-refractivity contribution in [2.24, 2.45) is 0 Å². The molecule has 0 saturated heterocycles. The molecule has 1 aliphatic carbocycles. The van der Waals surface area contributed by atoms with Gasteiger partial charge in [0.25, 0.3) is 0 Å². The summed E-state index contributed by atoms with van der Waals surface area (Å²) in [6.45, 7) is 0. The van der Waals surface area contributed by atoms with Gasteiger partial charge in [0, 0.05) is 32.6 Å². The van der Waals surface area contributed by atoms with E-state index in [1.54, 1.807) is 24.4 Å². The van der Waals surface area contributed by atoms with Gasteiger partial charge in [0.05, 0.1) is 31.6 Å². The summed E-state index contributed by atoms with van der Waals surface area (Å²) in [7, 11) is -6.37. The molecule has 176 valence electrons. The minimum Gasteiger partial charge on any atom is -0.256 e. The second kappa shape index (κ2) is 8.73. The van der Waals surface area contributed by atoms with E-state index in [2.05, 4.69) is 9.71 Å². The van der Waals surface area contributed by atoms with Gasteiger partial charge >= 0.3 is 0 Å². The van der Waals surface area contributed by atoms with Crippen molar-refractivity contribution in [1.82, 2.24) is 9.71 Å². The van der Waals surface area contributed by atoms with Crippen LogP contribution >= 0.6 is 22.9 Å². The van der Waals surface area contributed by atoms with E-state index in [9.17, 15) is 12.6 Å². The Labute approximate surface area is 208 Å². The van der Waals surface area contributed by atoms with Gasteiger partial charge in [-0.1, -0.05) is 48.0 Å². The quantitative estimate of drug-likeness (QED) is 0.313. The van der Waals surface area contributed by atoms with E-state index < -0.39 is 25.8 Å². The lowest BCUT2D eigenvalue weighted by atomic mass is 10.0. The number of nitrogens with zero attached hydrogens (tertiary/aromatic N) is 1. The third-order valence-electron chi connectivity index (χ3n) is 5.77. The van der Waals surface area contributed by atoms with Crippen LogP contribution in [-0.4, -0.2) is 29.1 Å². The van der Waals surface area contributed by atoms with Crippen molar-refractivity contribution < 1.29 is 12.6 Å². The van der Waals surface area contributed by atoms with Crippen molar-refractivity contribution in [2.75, 3.05) is 6.26 Å². The number of hydrogen-bond donors (Lipinski definition) is 2. The summed E-state index contributed by atoms with van der Waals surface area (Å²) in [6, 6.07) is 17.7. The Morgan fingerprint density at radius 1 is 1.09 bits per heavy atom. The molecular weight excluding hydrogens is 510 g/mol. The van der Waals surface area contributed by atoms with Crippen molar-refractivity contribution in [1.29, 1.82) is 4.78 Å². The molecule has 1 aliphatic rings. The predicted octanol–water partition coefficient (Wildman–Crippen LogP) is 5.82. The van der Waals surface area contributed by atoms with Crippen LogP contribution in [0, 0.1) is 4.78 Å². The van der Waals surface area contributed by atoms with Gasteiger partial charge in [-0.3, -0.25) is 4.98 Å². The molecule has 0 aliphatic heterocycles. The summed E-state index contributed by atoms with van der Waals surface area (Å²) in [5.74, 6) is 0. The summed E-state index contributed by atoms with van der Waals surface area (Å²) in [5.41, 5.74) is 2.15. The Morgan fingerprint density at radius 3 is 2.56 bits per heavy atom. The maximum absolute atomic E-state index is 12.9. The number of benzene rings is 2. The van der Waals surface area contributed by atoms with Crippen LogP contribution in [-0.2, 0) is 19.8 Å². The van der Waals surface area contributed by atoms with Gasteiger partial charge in [0.1, 0.15) is 0 Å². The Morgan fingerprint density at radius 2 is 1.85 bits per heavy atom. The fourth-order valence-corrected chi connectivity index (χ4v) is 7.61. The van der Waals surface area contributed by atoms with Gasteiger partial charge in [0.15, 0.2) is 0 Å². The molecule has 2 aromatic heterocycles. The van der Waals surface area contributed by atoms with Crippen molar-refractivity contribution in [3.63, 3.8) is 0 Å². The van der Waals surface area contributed by atoms with Crippen LogP contribution in [0.2, 0.25) is 5.02 Å². The normalized spacial score (nSPS) is 16.9. The number of nitrogens with one attached hydrogen (secondary N) is 2. The average molecular weight is 532 g/mol. The molecule has 1 saturated carbocycles. The molecule has 10 heteroatoms. The van der Waals surface area contributed by atoms with E-state index in [-0.39, 0.29) is 5.25 Å². The second-order valence-electron chi connectivity index (χ2n) is 8.41. The number of rotatable bonds is 7. The molecule has 0 bridgehead atoms. The molecule has 5 rings (SSSR count). The van der Waals surface area contributed by atoms with Crippen LogP contribution < -0.4 is 4.72 Å². The first-order valence-electron chi connectivity index (χ1n) is 10.6. The minimum atomic E-state index is -3.49. The first-order chi connectivity index (χ1) is 16.1. The maximum atomic E-state index is 12.9. The molecule has 34 heavy (non-hydrogen) atoms. The van der Waals surface area contributed by atoms with Crippen molar-refractivity contribution in [2.45, 2.75) is 29.0 Å². The molecule has 1 unspecified atom stereocenters. The molecular formula is C24H22ClN3O3S3. The van der Waals surface area contributed by atoms with Crippen molar-refractivity contribution in [3.05, 3.63) is 82.3 Å². The fraction of sp³-hybridized carbons (Fsp3) is 0.208. The van der Waals surface area contributed by atoms with E-state index in [0.29, 0.717) is 34.0 Å². The predicted molar refractivity (Wildman–Crippen MR) is 138 cm³/mol. The summed E-state index contributed by atoms with van der Waals surface area (Å²) in [6.07, 6.45) is 4.28. The molecule has 0 radical (unpaired) electrons. The number of halogens is 1. The zero-order chi connectivity index (χ0) is 24.1. The highest BCUT2D eigenvalue weighted by Gasteiger charge is 2.38. The number of aromatic nitrogens is 1. The lowest BCUT2D eigenvalue weighted by molar-refractivity contribution is 0.572. The number of pyridine rings is 1. The highest BCUT2D eigenvalue weighted by molar-refractivity contribution is 7.91. The van der Waals surface area contributed by atoms with Gasteiger partial charge in [-0.05, 0) is 48.1 Å². The first-order valence-corrected chi connectivity index (χ1v) is 15.3. The smallest absolute Gasteiger partial charge is 0.215 e. The monoisotopic (exact) mass is 531 g/mol. The van der Waals surface area contributed by atoms with Crippen LogP contribution in [0.1, 0.15) is 29.3 Å². The molecule has 2 aromatic carbocycles. The third kappa shape index (κ3) is 4.63. The number of sulfonamides is 1. The molecule has 0 amide bonds. The van der Waals surface area contributed by atoms with E-state index in [0.717, 1.165) is 20.5 Å². The molecule has 1 fully saturated rings. The Hall–Kier alpha value is -2.30. The molecule has 6 nitrogen and oxygen atoms in total. The molecule has 0 spiro atoms. The Bertz CT molecular complexity index is 1610. The molecule has 4 aromatic rings. The summed E-state index contributed by atoms with van der Waals surface area (Å²) >= 11 is 7.97. The van der Waals surface area contributed by atoms with Gasteiger partial charge in [-0.2, -0.15) is 0 Å². The van der Waals surface area contributed by atoms with E-state index >= 15 is 0 Å². The van der Waals surface area contributed by atoms with Crippen LogP contribution in [0.5, 0.6) is 0 Å². The Balaban J connectivity index is 1.65. The Kier molecular flexibility index (Phi) is 6.02. The van der Waals surface area contributed by atoms with Crippen molar-refractivity contribution >= 4 is 52.8 Å². The lowest BCUT2D eigenvalue weighted by Crippen LogP contribution is -2.31. The molecule has 2 atom stereocenters. The largest absolute Gasteiger partial charge is 0.256 e. The fourth-order valence-electron chi connectivity index (χ4n) is 3.85. The highest BCUT2D eigenvalue weighted by atomic mass is 35.5. The van der Waals surface area contributed by atoms with Crippen molar-refractivity contribution in [3.8, 4) is 11.3 Å². The SMILES string of the molecule is CS(=N)(=O)c1ccnc(-c2cccc3cc([C@H](NS(=O)(=O)C4CC4)c4ccccc4Cl)sc23)c1. The lowest BCUT2D eigenvalue weighted by Gasteiger charge is -2.19. The number of hydrogen-bond acceptors (Lipinski definition) is 6. The first kappa shape index (κ1) is 23.4. The van der Waals surface area contributed by atoms with Gasteiger partial charge in [-0.15, -0.1) is 11.3 Å². The summed E-state index contributed by atoms with van der Waals surface area (Å²) < 4.78 is 49.8. The van der Waals surface area contributed by atoms with E-state index in [1.165, 1.54) is 17.6 Å². The summed E-state index contributed by atoms with van der Waals surface area (Å²) in [4.78, 5) is 5.69. The highest BCUT2D eigenvalue weighted by Crippen LogP contribution is 2.41. The van der Waals surface area contributed by atoms with Crippen LogP contribution in [0.25, 0.3) is 21.3 Å². The maximum Gasteiger partial charge on any atom is 0.215 e. The summed E-state index contributed by atoms with van der Waals surface area (Å²) in [5, 5.41) is 1.07. The van der Waals surface area contributed by atoms with Crippen LogP contribution in [0.3, 0.4) is 0 Å². The van der Waals surface area contributed by atoms with Crippen LogP contribution in [0.4, 0.5) is 0 Å². The second-order valence-corrected chi connectivity index (χ2v) is 14.1. The number of thiophene rings is 1. The van der Waals surface area contributed by atoms with Crippen LogP contribution in [0.15, 0.2) is 71.8 Å². The average Bonchev–Trinajstić information content (AvgIpc) is 3.57. The standard InChI is InChI=1S/C24H22ClN3O3S3/c1-33(26,29)17-11-12-27-21(14-17)19-7-4-5-15-13-22(32-24(15)19)23(18-6-2-3-8-20(18)25)28-34(30,31)16-9-10-16/h2-8,11-14,16,23,26,28H,9-10H2,1H3/t23-,33?/m1/s1. The zero-order valence-electron chi connectivity index (χ0n) is 18.2. The zero-order valence-corrected chi connectivity index (χ0v) is 21.4. The van der Waals surface area contributed by atoms with E-state index in [1.807, 2.05) is 42.5 Å². The van der Waals surface area contributed by atoms with Gasteiger partial charge in [-0.25, -0.2) is 22.1 Å².